The average molecular weight is 258 g/mol. The van der Waals surface area contributed by atoms with E-state index in [9.17, 15) is 0 Å². The third kappa shape index (κ3) is 4.53. The van der Waals surface area contributed by atoms with Gasteiger partial charge >= 0.3 is 0 Å². The van der Waals surface area contributed by atoms with Crippen molar-refractivity contribution in [3.8, 4) is 0 Å². The molecule has 0 aliphatic rings. The summed E-state index contributed by atoms with van der Waals surface area (Å²) in [5.41, 5.74) is 4.83. The molecule has 0 atom stereocenters. The zero-order chi connectivity index (χ0) is 14.7. The van der Waals surface area contributed by atoms with Gasteiger partial charge in [-0.3, -0.25) is 0 Å². The predicted molar refractivity (Wildman–Crippen MR) is 87.5 cm³/mol. The number of hydrogen-bond acceptors (Lipinski definition) is 0. The molecule has 0 aromatic heterocycles. The van der Waals surface area contributed by atoms with Crippen molar-refractivity contribution < 1.29 is 0 Å². The average Bonchev–Trinajstić information content (AvgIpc) is 2.28. The lowest BCUT2D eigenvalue weighted by molar-refractivity contribution is 0.284. The summed E-state index contributed by atoms with van der Waals surface area (Å²) < 4.78 is 0. The Morgan fingerprint density at radius 2 is 1.53 bits per heavy atom. The van der Waals surface area contributed by atoms with Crippen molar-refractivity contribution >= 4 is 5.57 Å². The Morgan fingerprint density at radius 1 is 1.00 bits per heavy atom. The van der Waals surface area contributed by atoms with Gasteiger partial charge in [0.05, 0.1) is 0 Å². The molecule has 0 bridgehead atoms. The lowest BCUT2D eigenvalue weighted by atomic mass is 9.72. The fourth-order valence-electron chi connectivity index (χ4n) is 3.14. The van der Waals surface area contributed by atoms with Gasteiger partial charge in [0.1, 0.15) is 0 Å². The Kier molecular flexibility index (Phi) is 5.01. The maximum atomic E-state index is 2.35. The first kappa shape index (κ1) is 16.0. The van der Waals surface area contributed by atoms with Crippen LogP contribution >= 0.6 is 0 Å². The maximum absolute atomic E-state index is 2.35. The lowest BCUT2D eigenvalue weighted by Crippen LogP contribution is -2.24. The van der Waals surface area contributed by atoms with Crippen LogP contribution < -0.4 is 0 Å². The van der Waals surface area contributed by atoms with Crippen LogP contribution in [0.1, 0.15) is 72.4 Å². The Balaban J connectivity index is 2.98. The minimum Gasteiger partial charge on any atom is -0.0839 e. The van der Waals surface area contributed by atoms with Gasteiger partial charge in [-0.05, 0) is 47.3 Å². The Hall–Kier alpha value is -1.04. The summed E-state index contributed by atoms with van der Waals surface area (Å²) in [7, 11) is 0. The van der Waals surface area contributed by atoms with Crippen LogP contribution in [0, 0.1) is 5.41 Å². The van der Waals surface area contributed by atoms with Gasteiger partial charge in [-0.1, -0.05) is 71.9 Å². The molecule has 0 aliphatic carbocycles. The molecule has 1 aromatic carbocycles. The highest BCUT2D eigenvalue weighted by molar-refractivity contribution is 5.65. The van der Waals surface area contributed by atoms with E-state index in [1.165, 1.54) is 23.1 Å². The van der Waals surface area contributed by atoms with Crippen LogP contribution in [0.5, 0.6) is 0 Å². The third-order valence-electron chi connectivity index (χ3n) is 3.74. The van der Waals surface area contributed by atoms with Gasteiger partial charge in [0, 0.05) is 0 Å². The molecule has 106 valence electrons. The summed E-state index contributed by atoms with van der Waals surface area (Å²) in [6.07, 6.45) is 4.51. The predicted octanol–water partition coefficient (Wildman–Crippen LogP) is 6.21. The molecule has 0 unspecified atom stereocenters. The van der Waals surface area contributed by atoms with E-state index in [0.717, 1.165) is 6.42 Å². The van der Waals surface area contributed by atoms with E-state index in [1.54, 1.807) is 0 Å². The second-order valence-corrected chi connectivity index (χ2v) is 7.37. The molecule has 1 rings (SSSR count). The first-order valence-electron chi connectivity index (χ1n) is 7.46. The van der Waals surface area contributed by atoms with E-state index < -0.39 is 0 Å². The molecule has 0 N–H and O–H groups in total. The van der Waals surface area contributed by atoms with Crippen molar-refractivity contribution in [2.24, 2.45) is 5.41 Å². The summed E-state index contributed by atoms with van der Waals surface area (Å²) in [4.78, 5) is 0. The van der Waals surface area contributed by atoms with E-state index in [1.807, 2.05) is 0 Å². The van der Waals surface area contributed by atoms with Gasteiger partial charge in [0.15, 0.2) is 0 Å². The van der Waals surface area contributed by atoms with Crippen LogP contribution in [0.4, 0.5) is 0 Å². The molecule has 0 nitrogen and oxygen atoms in total. The molecule has 0 amide bonds. The second kappa shape index (κ2) is 5.94. The van der Waals surface area contributed by atoms with Gasteiger partial charge in [0.25, 0.3) is 0 Å². The van der Waals surface area contributed by atoms with Gasteiger partial charge in [-0.25, -0.2) is 0 Å². The maximum Gasteiger partial charge on any atom is -0.00986 e. The SMILES string of the molecule is C/C=C(\CC)c1ccc(C(C)(C)CC(C)(C)C)cc1. The Morgan fingerprint density at radius 3 is 1.89 bits per heavy atom. The van der Waals surface area contributed by atoms with Gasteiger partial charge in [0.2, 0.25) is 0 Å². The number of hydrogen-bond donors (Lipinski definition) is 0. The molecule has 0 saturated carbocycles. The van der Waals surface area contributed by atoms with Crippen LogP contribution in [-0.4, -0.2) is 0 Å². The van der Waals surface area contributed by atoms with E-state index in [4.69, 9.17) is 0 Å². The number of rotatable bonds is 4. The first-order chi connectivity index (χ1) is 8.69. The summed E-state index contributed by atoms with van der Waals surface area (Å²) in [5, 5.41) is 0. The highest BCUT2D eigenvalue weighted by atomic mass is 14.3. The quantitative estimate of drug-likeness (QED) is 0.602. The molecule has 0 aliphatic heterocycles. The zero-order valence-corrected chi connectivity index (χ0v) is 13.8. The van der Waals surface area contributed by atoms with E-state index >= 15 is 0 Å². The summed E-state index contributed by atoms with van der Waals surface area (Å²) in [6.45, 7) is 16.0. The molecule has 0 radical (unpaired) electrons. The second-order valence-electron chi connectivity index (χ2n) is 7.37. The third-order valence-corrected chi connectivity index (χ3v) is 3.74. The van der Waals surface area contributed by atoms with Crippen molar-refractivity contribution in [1.29, 1.82) is 0 Å². The summed E-state index contributed by atoms with van der Waals surface area (Å²) >= 11 is 0. The Labute approximate surface area is 119 Å². The van der Waals surface area contributed by atoms with Gasteiger partial charge in [-0.2, -0.15) is 0 Å². The van der Waals surface area contributed by atoms with Crippen LogP contribution in [0.25, 0.3) is 5.57 Å². The molecular weight excluding hydrogens is 228 g/mol. The molecule has 0 saturated heterocycles. The molecule has 0 heterocycles. The molecule has 0 heteroatoms. The van der Waals surface area contributed by atoms with Crippen LogP contribution in [0.15, 0.2) is 30.3 Å². The fraction of sp³-hybridized carbons (Fsp3) is 0.579. The van der Waals surface area contributed by atoms with Crippen LogP contribution in [0.2, 0.25) is 0 Å². The first-order valence-corrected chi connectivity index (χ1v) is 7.46. The molecule has 0 spiro atoms. The summed E-state index contributed by atoms with van der Waals surface area (Å²) in [5.74, 6) is 0. The Bertz CT molecular complexity index is 424. The highest BCUT2D eigenvalue weighted by Gasteiger charge is 2.27. The number of allylic oxidation sites excluding steroid dienone is 2. The van der Waals surface area contributed by atoms with Crippen molar-refractivity contribution in [3.05, 3.63) is 41.5 Å². The molecule has 19 heavy (non-hydrogen) atoms. The minimum atomic E-state index is 0.235. The van der Waals surface area contributed by atoms with Crippen LogP contribution in [-0.2, 0) is 5.41 Å². The van der Waals surface area contributed by atoms with Crippen molar-refractivity contribution in [2.45, 2.75) is 66.7 Å². The van der Waals surface area contributed by atoms with Crippen molar-refractivity contribution in [2.75, 3.05) is 0 Å². The van der Waals surface area contributed by atoms with Crippen molar-refractivity contribution in [3.63, 3.8) is 0 Å². The summed E-state index contributed by atoms with van der Waals surface area (Å²) in [6, 6.07) is 9.16. The molecule has 1 aromatic rings. The molecule has 0 fully saturated rings. The standard InChI is InChI=1S/C19H30/c1-8-15(9-2)16-10-12-17(13-11-16)19(6,7)14-18(3,4)5/h8,10-13H,9,14H2,1-7H3/b15-8+. The monoisotopic (exact) mass is 258 g/mol. The number of benzene rings is 1. The van der Waals surface area contributed by atoms with Crippen LogP contribution in [0.3, 0.4) is 0 Å². The van der Waals surface area contributed by atoms with Crippen molar-refractivity contribution in [1.82, 2.24) is 0 Å². The fourth-order valence-corrected chi connectivity index (χ4v) is 3.14. The topological polar surface area (TPSA) is 0 Å². The highest BCUT2D eigenvalue weighted by Crippen LogP contribution is 2.36. The normalized spacial score (nSPS) is 13.7. The van der Waals surface area contributed by atoms with Gasteiger partial charge in [-0.15, -0.1) is 0 Å². The molecular formula is C19H30. The zero-order valence-electron chi connectivity index (χ0n) is 13.8. The van der Waals surface area contributed by atoms with E-state index in [-0.39, 0.29) is 5.41 Å². The minimum absolute atomic E-state index is 0.235. The van der Waals surface area contributed by atoms with E-state index in [0.29, 0.717) is 5.41 Å². The lowest BCUT2D eigenvalue weighted by Gasteiger charge is -2.33. The largest absolute Gasteiger partial charge is 0.0839 e. The van der Waals surface area contributed by atoms with E-state index in [2.05, 4.69) is 78.8 Å². The van der Waals surface area contributed by atoms with Gasteiger partial charge < -0.3 is 0 Å². The smallest absolute Gasteiger partial charge is 0.00986 e.